The lowest BCUT2D eigenvalue weighted by atomic mass is 9.89. The third kappa shape index (κ3) is 5.51. The van der Waals surface area contributed by atoms with Crippen LogP contribution in [-0.4, -0.2) is 26.2 Å². The Bertz CT molecular complexity index is 449. The van der Waals surface area contributed by atoms with Gasteiger partial charge in [0.1, 0.15) is 0 Å². The van der Waals surface area contributed by atoms with E-state index in [0.717, 1.165) is 10.9 Å². The average Bonchev–Trinajstić information content (AvgIpc) is 2.37. The Morgan fingerprint density at radius 1 is 1.47 bits per heavy atom. The molecule has 0 unspecified atom stereocenters. The number of methoxy groups -OCH3 is 1. The van der Waals surface area contributed by atoms with Crippen LogP contribution in [0.5, 0.6) is 0 Å². The third-order valence-corrected chi connectivity index (χ3v) is 4.11. The zero-order valence-corrected chi connectivity index (χ0v) is 13.8. The van der Waals surface area contributed by atoms with Crippen molar-refractivity contribution >= 4 is 33.4 Å². The number of hydrogen-bond donors (Lipinski definition) is 1. The second-order valence-electron chi connectivity index (χ2n) is 5.22. The molecule has 0 radical (unpaired) electrons. The van der Waals surface area contributed by atoms with Gasteiger partial charge in [-0.05, 0) is 46.0 Å². The van der Waals surface area contributed by atoms with Gasteiger partial charge in [0, 0.05) is 30.3 Å². The molecule has 1 amide bonds. The van der Waals surface area contributed by atoms with E-state index in [0.29, 0.717) is 23.7 Å². The lowest BCUT2D eigenvalue weighted by Gasteiger charge is -2.24. The number of ether oxygens (including phenoxy) is 1. The van der Waals surface area contributed by atoms with Crippen LogP contribution in [0.4, 0.5) is 0 Å². The summed E-state index contributed by atoms with van der Waals surface area (Å²) in [7, 11) is 1.68. The van der Waals surface area contributed by atoms with Gasteiger partial charge in [0.05, 0.1) is 5.02 Å². The molecule has 19 heavy (non-hydrogen) atoms. The van der Waals surface area contributed by atoms with Crippen molar-refractivity contribution in [2.45, 2.75) is 20.3 Å². The van der Waals surface area contributed by atoms with Crippen LogP contribution in [0.15, 0.2) is 22.7 Å². The van der Waals surface area contributed by atoms with Crippen molar-refractivity contribution in [3.05, 3.63) is 33.3 Å². The molecule has 0 aliphatic rings. The largest absolute Gasteiger partial charge is 0.385 e. The van der Waals surface area contributed by atoms with E-state index >= 15 is 0 Å². The highest BCUT2D eigenvalue weighted by Gasteiger charge is 2.19. The maximum Gasteiger partial charge on any atom is 0.251 e. The molecule has 0 heterocycles. The number of carbonyl (C=O) groups is 1. The van der Waals surface area contributed by atoms with Crippen LogP contribution in [0.3, 0.4) is 0 Å². The smallest absolute Gasteiger partial charge is 0.251 e. The van der Waals surface area contributed by atoms with Crippen molar-refractivity contribution in [1.29, 1.82) is 0 Å². The molecular weight excluding hydrogens is 330 g/mol. The standard InChI is InChI=1S/C14H19BrClNO2/c1-14(2,6-7-19-3)9-17-13(18)10-4-5-12(16)11(15)8-10/h4-5,8H,6-7,9H2,1-3H3,(H,17,18). The molecule has 1 aromatic carbocycles. The lowest BCUT2D eigenvalue weighted by molar-refractivity contribution is 0.0921. The molecule has 1 rings (SSSR count). The summed E-state index contributed by atoms with van der Waals surface area (Å²) >= 11 is 9.21. The van der Waals surface area contributed by atoms with Crippen LogP contribution in [0.2, 0.25) is 5.02 Å². The Kier molecular flexibility index (Phi) is 6.30. The first-order valence-corrected chi connectivity index (χ1v) is 7.25. The number of nitrogens with one attached hydrogen (secondary N) is 1. The predicted octanol–water partition coefficient (Wildman–Crippen LogP) is 3.90. The number of hydrogen-bond acceptors (Lipinski definition) is 2. The van der Waals surface area contributed by atoms with Gasteiger partial charge < -0.3 is 10.1 Å². The number of carbonyl (C=O) groups excluding carboxylic acids is 1. The number of amides is 1. The SMILES string of the molecule is COCCC(C)(C)CNC(=O)c1ccc(Cl)c(Br)c1. The van der Waals surface area contributed by atoms with Gasteiger partial charge in [0.2, 0.25) is 0 Å². The zero-order valence-electron chi connectivity index (χ0n) is 11.4. The minimum Gasteiger partial charge on any atom is -0.385 e. The summed E-state index contributed by atoms with van der Waals surface area (Å²) < 4.78 is 5.79. The topological polar surface area (TPSA) is 38.3 Å². The molecule has 1 N–H and O–H groups in total. The molecule has 0 bridgehead atoms. The molecule has 0 fully saturated rings. The second kappa shape index (κ2) is 7.27. The average molecular weight is 349 g/mol. The molecule has 0 aliphatic carbocycles. The van der Waals surface area contributed by atoms with Gasteiger partial charge in [-0.25, -0.2) is 0 Å². The molecule has 0 atom stereocenters. The van der Waals surface area contributed by atoms with E-state index in [1.54, 1.807) is 25.3 Å². The summed E-state index contributed by atoms with van der Waals surface area (Å²) in [6.45, 7) is 5.50. The van der Waals surface area contributed by atoms with Gasteiger partial charge in [-0.2, -0.15) is 0 Å². The van der Waals surface area contributed by atoms with E-state index in [1.807, 2.05) is 0 Å². The summed E-state index contributed by atoms with van der Waals surface area (Å²) in [6.07, 6.45) is 0.897. The monoisotopic (exact) mass is 347 g/mol. The van der Waals surface area contributed by atoms with E-state index in [2.05, 4.69) is 35.1 Å². The van der Waals surface area contributed by atoms with Gasteiger partial charge in [-0.1, -0.05) is 25.4 Å². The van der Waals surface area contributed by atoms with Crippen LogP contribution < -0.4 is 5.32 Å². The molecule has 0 aromatic heterocycles. The van der Waals surface area contributed by atoms with Gasteiger partial charge in [-0.3, -0.25) is 4.79 Å². The Hall–Kier alpha value is -0.580. The minimum absolute atomic E-state index is 0.00925. The maximum absolute atomic E-state index is 12.0. The number of benzene rings is 1. The van der Waals surface area contributed by atoms with Crippen molar-refractivity contribution in [3.63, 3.8) is 0 Å². The van der Waals surface area contributed by atoms with E-state index in [4.69, 9.17) is 16.3 Å². The summed E-state index contributed by atoms with van der Waals surface area (Å²) in [5, 5.41) is 3.53. The van der Waals surface area contributed by atoms with E-state index in [9.17, 15) is 4.79 Å². The second-order valence-corrected chi connectivity index (χ2v) is 6.48. The Morgan fingerprint density at radius 2 is 2.16 bits per heavy atom. The fourth-order valence-corrected chi connectivity index (χ4v) is 2.02. The van der Waals surface area contributed by atoms with Crippen LogP contribution in [-0.2, 0) is 4.74 Å². The van der Waals surface area contributed by atoms with E-state index < -0.39 is 0 Å². The van der Waals surface area contributed by atoms with Crippen LogP contribution >= 0.6 is 27.5 Å². The van der Waals surface area contributed by atoms with Crippen molar-refractivity contribution in [2.24, 2.45) is 5.41 Å². The summed E-state index contributed by atoms with van der Waals surface area (Å²) in [5.74, 6) is -0.0946. The van der Waals surface area contributed by atoms with Crippen LogP contribution in [0.1, 0.15) is 30.6 Å². The van der Waals surface area contributed by atoms with Crippen molar-refractivity contribution in [1.82, 2.24) is 5.32 Å². The highest BCUT2D eigenvalue weighted by atomic mass is 79.9. The Morgan fingerprint density at radius 3 is 2.74 bits per heavy atom. The molecule has 0 aliphatic heterocycles. The van der Waals surface area contributed by atoms with Crippen molar-refractivity contribution in [3.8, 4) is 0 Å². The minimum atomic E-state index is -0.0946. The number of halogens is 2. The van der Waals surface area contributed by atoms with Crippen LogP contribution in [0, 0.1) is 5.41 Å². The van der Waals surface area contributed by atoms with Gasteiger partial charge >= 0.3 is 0 Å². The van der Waals surface area contributed by atoms with Crippen molar-refractivity contribution < 1.29 is 9.53 Å². The molecule has 106 valence electrons. The number of rotatable bonds is 6. The molecule has 3 nitrogen and oxygen atoms in total. The van der Waals surface area contributed by atoms with Gasteiger partial charge in [0.25, 0.3) is 5.91 Å². The molecule has 0 saturated carbocycles. The fraction of sp³-hybridized carbons (Fsp3) is 0.500. The summed E-state index contributed by atoms with van der Waals surface area (Å²) in [4.78, 5) is 12.0. The summed E-state index contributed by atoms with van der Waals surface area (Å²) in [5.41, 5.74) is 0.605. The Balaban J connectivity index is 2.57. The quantitative estimate of drug-likeness (QED) is 0.847. The highest BCUT2D eigenvalue weighted by molar-refractivity contribution is 9.10. The molecule has 5 heteroatoms. The molecule has 0 saturated heterocycles. The van der Waals surface area contributed by atoms with E-state index in [-0.39, 0.29) is 11.3 Å². The fourth-order valence-electron chi connectivity index (χ4n) is 1.53. The highest BCUT2D eigenvalue weighted by Crippen LogP contribution is 2.23. The van der Waals surface area contributed by atoms with Crippen LogP contribution in [0.25, 0.3) is 0 Å². The lowest BCUT2D eigenvalue weighted by Crippen LogP contribution is -2.34. The van der Waals surface area contributed by atoms with E-state index in [1.165, 1.54) is 0 Å². The first-order chi connectivity index (χ1) is 8.85. The normalized spacial score (nSPS) is 11.4. The molecule has 0 spiro atoms. The maximum atomic E-state index is 12.0. The first-order valence-electron chi connectivity index (χ1n) is 6.08. The zero-order chi connectivity index (χ0) is 14.5. The van der Waals surface area contributed by atoms with Gasteiger partial charge in [-0.15, -0.1) is 0 Å². The third-order valence-electron chi connectivity index (χ3n) is 2.89. The predicted molar refractivity (Wildman–Crippen MR) is 81.8 cm³/mol. The summed E-state index contributed by atoms with van der Waals surface area (Å²) in [6, 6.07) is 5.14. The molecule has 1 aromatic rings. The first kappa shape index (κ1) is 16.5. The van der Waals surface area contributed by atoms with Gasteiger partial charge in [0.15, 0.2) is 0 Å². The molecular formula is C14H19BrClNO2. The Labute approximate surface area is 127 Å². The van der Waals surface area contributed by atoms with Crippen molar-refractivity contribution in [2.75, 3.05) is 20.3 Å².